The molecule has 7 heteroatoms. The Hall–Kier alpha value is -2.93. The van der Waals surface area contributed by atoms with E-state index in [1.807, 2.05) is 12.1 Å². The van der Waals surface area contributed by atoms with Gasteiger partial charge < -0.3 is 15.0 Å². The van der Waals surface area contributed by atoms with Crippen molar-refractivity contribution in [1.82, 2.24) is 14.8 Å². The number of nitrogens with zero attached hydrogens (tertiary/aromatic N) is 3. The first-order valence-electron chi connectivity index (χ1n) is 8.51. The lowest BCUT2D eigenvalue weighted by Crippen LogP contribution is -2.49. The van der Waals surface area contributed by atoms with Crippen LogP contribution in [0.4, 0.5) is 10.5 Å². The van der Waals surface area contributed by atoms with Crippen molar-refractivity contribution in [1.29, 1.82) is 0 Å². The van der Waals surface area contributed by atoms with Gasteiger partial charge in [-0.05, 0) is 42.0 Å². The number of methoxy groups -OCH3 is 1. The third kappa shape index (κ3) is 4.58. The van der Waals surface area contributed by atoms with Gasteiger partial charge in [-0.25, -0.2) is 9.59 Å². The van der Waals surface area contributed by atoms with E-state index in [0.717, 1.165) is 19.6 Å². The normalized spacial score (nSPS) is 14.7. The zero-order valence-electron chi connectivity index (χ0n) is 14.7. The summed E-state index contributed by atoms with van der Waals surface area (Å²) in [6, 6.07) is 10.6. The third-order valence-corrected chi connectivity index (χ3v) is 4.37. The highest BCUT2D eigenvalue weighted by Crippen LogP contribution is 2.13. The van der Waals surface area contributed by atoms with Gasteiger partial charge in [0.05, 0.1) is 12.7 Å². The van der Waals surface area contributed by atoms with E-state index in [9.17, 15) is 9.59 Å². The number of nitrogens with one attached hydrogen (secondary N) is 1. The summed E-state index contributed by atoms with van der Waals surface area (Å²) in [5.74, 6) is -0.395. The minimum absolute atomic E-state index is 0.126. The number of rotatable bonds is 4. The average Bonchev–Trinajstić information content (AvgIpc) is 2.69. The predicted octanol–water partition coefficient (Wildman–Crippen LogP) is 2.22. The van der Waals surface area contributed by atoms with Crippen LogP contribution >= 0.6 is 0 Å². The maximum absolute atomic E-state index is 12.4. The first-order valence-corrected chi connectivity index (χ1v) is 8.51. The van der Waals surface area contributed by atoms with Crippen molar-refractivity contribution < 1.29 is 14.3 Å². The molecule has 0 radical (unpaired) electrons. The second-order valence-corrected chi connectivity index (χ2v) is 6.12. The van der Waals surface area contributed by atoms with Crippen molar-refractivity contribution in [2.75, 3.05) is 38.6 Å². The van der Waals surface area contributed by atoms with Gasteiger partial charge in [-0.15, -0.1) is 0 Å². The van der Waals surface area contributed by atoms with Crippen LogP contribution in [0.5, 0.6) is 0 Å². The van der Waals surface area contributed by atoms with Crippen LogP contribution in [0.3, 0.4) is 0 Å². The number of esters is 1. The number of urea groups is 1. The summed E-state index contributed by atoms with van der Waals surface area (Å²) in [5.41, 5.74) is 2.33. The van der Waals surface area contributed by atoms with E-state index in [0.29, 0.717) is 24.3 Å². The molecule has 0 saturated carbocycles. The average molecular weight is 354 g/mol. The molecule has 0 spiro atoms. The van der Waals surface area contributed by atoms with Crippen molar-refractivity contribution in [3.63, 3.8) is 0 Å². The number of aromatic nitrogens is 1. The number of piperazine rings is 1. The molecule has 0 atom stereocenters. The summed E-state index contributed by atoms with van der Waals surface area (Å²) in [6.45, 7) is 3.88. The molecule has 2 amide bonds. The summed E-state index contributed by atoms with van der Waals surface area (Å²) in [7, 11) is 1.34. The van der Waals surface area contributed by atoms with E-state index in [1.54, 1.807) is 41.6 Å². The van der Waals surface area contributed by atoms with Crippen LogP contribution in [0.25, 0.3) is 0 Å². The fourth-order valence-corrected chi connectivity index (χ4v) is 2.87. The molecule has 0 aliphatic carbocycles. The van der Waals surface area contributed by atoms with Gasteiger partial charge in [0.2, 0.25) is 0 Å². The monoisotopic (exact) mass is 354 g/mol. The summed E-state index contributed by atoms with van der Waals surface area (Å²) < 4.78 is 4.66. The van der Waals surface area contributed by atoms with Crippen LogP contribution in [0.2, 0.25) is 0 Å². The zero-order chi connectivity index (χ0) is 18.4. The Kier molecular flexibility index (Phi) is 5.80. The molecular formula is C19H22N4O3. The predicted molar refractivity (Wildman–Crippen MR) is 97.9 cm³/mol. The maximum atomic E-state index is 12.4. The lowest BCUT2D eigenvalue weighted by atomic mass is 10.2. The van der Waals surface area contributed by atoms with E-state index in [2.05, 4.69) is 19.9 Å². The van der Waals surface area contributed by atoms with Gasteiger partial charge in [-0.3, -0.25) is 9.88 Å². The van der Waals surface area contributed by atoms with Gasteiger partial charge >= 0.3 is 12.0 Å². The highest BCUT2D eigenvalue weighted by atomic mass is 16.5. The Morgan fingerprint density at radius 2 is 1.69 bits per heavy atom. The highest BCUT2D eigenvalue weighted by Gasteiger charge is 2.21. The Morgan fingerprint density at radius 1 is 1.04 bits per heavy atom. The summed E-state index contributed by atoms with van der Waals surface area (Å²) in [4.78, 5) is 32.0. The Morgan fingerprint density at radius 3 is 2.31 bits per heavy atom. The number of pyridine rings is 1. The van der Waals surface area contributed by atoms with E-state index < -0.39 is 5.97 Å². The molecule has 1 aromatic heterocycles. The van der Waals surface area contributed by atoms with Gasteiger partial charge in [0.25, 0.3) is 0 Å². The second-order valence-electron chi connectivity index (χ2n) is 6.12. The fraction of sp³-hybridized carbons (Fsp3) is 0.316. The van der Waals surface area contributed by atoms with Crippen molar-refractivity contribution in [2.24, 2.45) is 0 Å². The number of hydrogen-bond acceptors (Lipinski definition) is 5. The van der Waals surface area contributed by atoms with E-state index in [1.165, 1.54) is 12.7 Å². The highest BCUT2D eigenvalue weighted by molar-refractivity contribution is 5.92. The second kappa shape index (κ2) is 8.44. The van der Waals surface area contributed by atoms with Crippen molar-refractivity contribution in [2.45, 2.75) is 6.54 Å². The number of carbonyl (C=O) groups is 2. The van der Waals surface area contributed by atoms with Gasteiger partial charge in [-0.1, -0.05) is 0 Å². The van der Waals surface area contributed by atoms with Crippen molar-refractivity contribution in [3.8, 4) is 0 Å². The Bertz CT molecular complexity index is 741. The number of hydrogen-bond donors (Lipinski definition) is 1. The molecule has 7 nitrogen and oxygen atoms in total. The summed E-state index contributed by atoms with van der Waals surface area (Å²) in [5, 5.41) is 2.87. The van der Waals surface area contributed by atoms with Crippen LogP contribution < -0.4 is 5.32 Å². The maximum Gasteiger partial charge on any atom is 0.337 e. The summed E-state index contributed by atoms with van der Waals surface area (Å²) in [6.07, 6.45) is 3.59. The topological polar surface area (TPSA) is 74.8 Å². The molecule has 2 heterocycles. The first-order chi connectivity index (χ1) is 12.7. The lowest BCUT2D eigenvalue weighted by Gasteiger charge is -2.34. The molecule has 2 aromatic rings. The SMILES string of the molecule is COC(=O)c1ccc(NC(=O)N2CCN(Cc3ccncc3)CC2)cc1. The molecule has 1 fully saturated rings. The quantitative estimate of drug-likeness (QED) is 0.852. The first kappa shape index (κ1) is 17.9. The summed E-state index contributed by atoms with van der Waals surface area (Å²) >= 11 is 0. The number of benzene rings is 1. The molecule has 136 valence electrons. The molecule has 3 rings (SSSR count). The molecule has 1 saturated heterocycles. The molecule has 0 unspecified atom stereocenters. The van der Waals surface area contributed by atoms with Crippen LogP contribution in [-0.2, 0) is 11.3 Å². The van der Waals surface area contributed by atoms with Gasteiger partial charge in [0.1, 0.15) is 0 Å². The van der Waals surface area contributed by atoms with E-state index >= 15 is 0 Å². The number of ether oxygens (including phenoxy) is 1. The number of anilines is 1. The molecule has 1 aromatic carbocycles. The van der Waals surface area contributed by atoms with Crippen LogP contribution in [0.1, 0.15) is 15.9 Å². The minimum atomic E-state index is -0.395. The zero-order valence-corrected chi connectivity index (χ0v) is 14.7. The largest absolute Gasteiger partial charge is 0.465 e. The molecule has 1 aliphatic heterocycles. The lowest BCUT2D eigenvalue weighted by molar-refractivity contribution is 0.0600. The van der Waals surface area contributed by atoms with Crippen LogP contribution in [0.15, 0.2) is 48.8 Å². The Balaban J connectivity index is 1.48. The molecule has 1 aliphatic rings. The van der Waals surface area contributed by atoms with Gasteiger partial charge in [0, 0.05) is 50.8 Å². The third-order valence-electron chi connectivity index (χ3n) is 4.37. The van der Waals surface area contributed by atoms with Crippen LogP contribution in [0, 0.1) is 0 Å². The number of amides is 2. The number of carbonyl (C=O) groups excluding carboxylic acids is 2. The van der Waals surface area contributed by atoms with E-state index in [-0.39, 0.29) is 6.03 Å². The van der Waals surface area contributed by atoms with Crippen molar-refractivity contribution >= 4 is 17.7 Å². The fourth-order valence-electron chi connectivity index (χ4n) is 2.87. The van der Waals surface area contributed by atoms with Gasteiger partial charge in [0.15, 0.2) is 0 Å². The minimum Gasteiger partial charge on any atom is -0.465 e. The molecule has 1 N–H and O–H groups in total. The molecule has 26 heavy (non-hydrogen) atoms. The Labute approximate surface area is 152 Å². The van der Waals surface area contributed by atoms with E-state index in [4.69, 9.17) is 0 Å². The van der Waals surface area contributed by atoms with Crippen molar-refractivity contribution in [3.05, 3.63) is 59.9 Å². The standard InChI is InChI=1S/C19H22N4O3/c1-26-18(24)16-2-4-17(5-3-16)21-19(25)23-12-10-22(11-13-23)14-15-6-8-20-9-7-15/h2-9H,10-14H2,1H3,(H,21,25). The molecular weight excluding hydrogens is 332 g/mol. The molecule has 0 bridgehead atoms. The van der Waals surface area contributed by atoms with Gasteiger partial charge in [-0.2, -0.15) is 0 Å². The smallest absolute Gasteiger partial charge is 0.337 e. The van der Waals surface area contributed by atoms with Crippen LogP contribution in [-0.4, -0.2) is 60.1 Å².